The maximum Gasteiger partial charge on any atom is 0.407 e. The van der Waals surface area contributed by atoms with E-state index in [9.17, 15) is 4.79 Å². The molecule has 0 radical (unpaired) electrons. The zero-order chi connectivity index (χ0) is 16.2. The first-order valence-corrected chi connectivity index (χ1v) is 7.50. The number of ether oxygens (including phenoxy) is 1. The lowest BCUT2D eigenvalue weighted by molar-refractivity contribution is 0.139. The van der Waals surface area contributed by atoms with Gasteiger partial charge in [-0.1, -0.05) is 36.4 Å². The number of amides is 1. The first-order chi connectivity index (χ1) is 11.1. The van der Waals surface area contributed by atoms with E-state index in [4.69, 9.17) is 4.74 Å². The second-order valence-corrected chi connectivity index (χ2v) is 5.46. The summed E-state index contributed by atoms with van der Waals surface area (Å²) < 4.78 is 7.23. The Kier molecular flexibility index (Phi) is 4.28. The van der Waals surface area contributed by atoms with Gasteiger partial charge in [0.2, 0.25) is 0 Å². The van der Waals surface area contributed by atoms with Crippen molar-refractivity contribution in [2.45, 2.75) is 20.1 Å². The molecule has 0 aliphatic heterocycles. The second kappa shape index (κ2) is 6.52. The predicted molar refractivity (Wildman–Crippen MR) is 88.9 cm³/mol. The lowest BCUT2D eigenvalue weighted by atomic mass is 10.2. The molecule has 0 saturated heterocycles. The summed E-state index contributed by atoms with van der Waals surface area (Å²) in [5.41, 5.74) is 3.97. The molecule has 1 aromatic heterocycles. The standard InChI is InChI=1S/C18H19N3O2/c1-13-20-16-10-15(8-9-17(16)21(13)2)11-19-18(22)23-12-14-6-4-3-5-7-14/h3-10H,11-12H2,1-2H3,(H,19,22). The number of aryl methyl sites for hydroxylation is 2. The van der Waals surface area contributed by atoms with Crippen molar-refractivity contribution in [3.05, 3.63) is 65.5 Å². The molecule has 0 aliphatic carbocycles. The molecule has 0 atom stereocenters. The fraction of sp³-hybridized carbons (Fsp3) is 0.222. The lowest BCUT2D eigenvalue weighted by Gasteiger charge is -2.07. The highest BCUT2D eigenvalue weighted by Gasteiger charge is 2.06. The molecule has 1 amide bonds. The molecule has 118 valence electrons. The number of nitrogens with one attached hydrogen (secondary N) is 1. The van der Waals surface area contributed by atoms with Gasteiger partial charge >= 0.3 is 6.09 Å². The van der Waals surface area contributed by atoms with Crippen molar-refractivity contribution in [1.29, 1.82) is 0 Å². The quantitative estimate of drug-likeness (QED) is 0.804. The van der Waals surface area contributed by atoms with Gasteiger partial charge < -0.3 is 14.6 Å². The number of hydrogen-bond acceptors (Lipinski definition) is 3. The van der Waals surface area contributed by atoms with E-state index in [0.29, 0.717) is 6.54 Å². The Bertz CT molecular complexity index is 825. The molecule has 23 heavy (non-hydrogen) atoms. The molecular formula is C18H19N3O2. The Morgan fingerprint density at radius 3 is 2.74 bits per heavy atom. The van der Waals surface area contributed by atoms with Gasteiger partial charge in [0, 0.05) is 13.6 Å². The van der Waals surface area contributed by atoms with Gasteiger partial charge in [-0.25, -0.2) is 9.78 Å². The highest BCUT2D eigenvalue weighted by Crippen LogP contribution is 2.16. The molecule has 5 nitrogen and oxygen atoms in total. The number of rotatable bonds is 4. The van der Waals surface area contributed by atoms with Crippen molar-refractivity contribution in [2.24, 2.45) is 7.05 Å². The minimum Gasteiger partial charge on any atom is -0.445 e. The van der Waals surface area contributed by atoms with Crippen LogP contribution in [0, 0.1) is 6.92 Å². The summed E-state index contributed by atoms with van der Waals surface area (Å²) in [7, 11) is 1.99. The van der Waals surface area contributed by atoms with Gasteiger partial charge in [0.15, 0.2) is 0 Å². The van der Waals surface area contributed by atoms with Gasteiger partial charge in [0.1, 0.15) is 12.4 Å². The van der Waals surface area contributed by atoms with Crippen LogP contribution < -0.4 is 5.32 Å². The van der Waals surface area contributed by atoms with Crippen LogP contribution in [0.4, 0.5) is 4.79 Å². The Labute approximate surface area is 134 Å². The smallest absolute Gasteiger partial charge is 0.407 e. The molecule has 0 aliphatic rings. The van der Waals surface area contributed by atoms with Crippen molar-refractivity contribution in [1.82, 2.24) is 14.9 Å². The van der Waals surface area contributed by atoms with Crippen molar-refractivity contribution < 1.29 is 9.53 Å². The number of nitrogens with zero attached hydrogens (tertiary/aromatic N) is 2. The van der Waals surface area contributed by atoms with Crippen LogP contribution in [0.5, 0.6) is 0 Å². The number of fused-ring (bicyclic) bond motifs is 1. The molecule has 0 fully saturated rings. The molecule has 5 heteroatoms. The molecule has 3 rings (SSSR count). The van der Waals surface area contributed by atoms with Crippen LogP contribution >= 0.6 is 0 Å². The maximum absolute atomic E-state index is 11.8. The first-order valence-electron chi connectivity index (χ1n) is 7.50. The highest BCUT2D eigenvalue weighted by molar-refractivity contribution is 5.77. The number of carbonyl (C=O) groups excluding carboxylic acids is 1. The topological polar surface area (TPSA) is 56.1 Å². The SMILES string of the molecule is Cc1nc2cc(CNC(=O)OCc3ccccc3)ccc2n1C. The number of alkyl carbamates (subject to hydrolysis) is 1. The minimum atomic E-state index is -0.425. The maximum atomic E-state index is 11.8. The first kappa shape index (κ1) is 15.1. The van der Waals surface area contributed by atoms with Crippen molar-refractivity contribution in [2.75, 3.05) is 0 Å². The molecule has 2 aromatic carbocycles. The van der Waals surface area contributed by atoms with Crippen LogP contribution in [-0.4, -0.2) is 15.6 Å². The molecule has 1 N–H and O–H groups in total. The summed E-state index contributed by atoms with van der Waals surface area (Å²) in [5.74, 6) is 0.965. The summed E-state index contributed by atoms with van der Waals surface area (Å²) in [6, 6.07) is 15.6. The molecule has 0 spiro atoms. The number of imidazole rings is 1. The zero-order valence-electron chi connectivity index (χ0n) is 13.2. The van der Waals surface area contributed by atoms with Gasteiger partial charge in [0.25, 0.3) is 0 Å². The van der Waals surface area contributed by atoms with Crippen LogP contribution in [0.1, 0.15) is 17.0 Å². The van der Waals surface area contributed by atoms with E-state index in [2.05, 4.69) is 10.3 Å². The van der Waals surface area contributed by atoms with E-state index in [1.54, 1.807) is 0 Å². The molecular weight excluding hydrogens is 290 g/mol. The normalized spacial score (nSPS) is 10.7. The van der Waals surface area contributed by atoms with Crippen LogP contribution in [0.2, 0.25) is 0 Å². The van der Waals surface area contributed by atoms with Gasteiger partial charge in [0.05, 0.1) is 11.0 Å². The van der Waals surface area contributed by atoms with E-state index in [-0.39, 0.29) is 6.61 Å². The summed E-state index contributed by atoms with van der Waals surface area (Å²) in [5, 5.41) is 2.76. The molecule has 0 bridgehead atoms. The second-order valence-electron chi connectivity index (χ2n) is 5.46. The van der Waals surface area contributed by atoms with Crippen molar-refractivity contribution in [3.63, 3.8) is 0 Å². The number of hydrogen-bond donors (Lipinski definition) is 1. The van der Waals surface area contributed by atoms with Gasteiger partial charge in [-0.15, -0.1) is 0 Å². The van der Waals surface area contributed by atoms with Gasteiger partial charge in [-0.3, -0.25) is 0 Å². The summed E-state index contributed by atoms with van der Waals surface area (Å²) >= 11 is 0. The van der Waals surface area contributed by atoms with E-state index in [1.807, 2.05) is 67.1 Å². The number of aromatic nitrogens is 2. The lowest BCUT2D eigenvalue weighted by Crippen LogP contribution is -2.23. The third kappa shape index (κ3) is 3.51. The van der Waals surface area contributed by atoms with Crippen molar-refractivity contribution >= 4 is 17.1 Å². The average Bonchev–Trinajstić information content (AvgIpc) is 2.86. The Morgan fingerprint density at radius 2 is 1.96 bits per heavy atom. The van der Waals surface area contributed by atoms with E-state index < -0.39 is 6.09 Å². The van der Waals surface area contributed by atoms with Gasteiger partial charge in [-0.05, 0) is 30.2 Å². The van der Waals surface area contributed by atoms with Gasteiger partial charge in [-0.2, -0.15) is 0 Å². The molecule has 1 heterocycles. The summed E-state index contributed by atoms with van der Waals surface area (Å²) in [6.07, 6.45) is -0.425. The van der Waals surface area contributed by atoms with Crippen molar-refractivity contribution in [3.8, 4) is 0 Å². The minimum absolute atomic E-state index is 0.269. The average molecular weight is 309 g/mol. The molecule has 3 aromatic rings. The highest BCUT2D eigenvalue weighted by atomic mass is 16.5. The largest absolute Gasteiger partial charge is 0.445 e. The molecule has 0 saturated carbocycles. The third-order valence-electron chi connectivity index (χ3n) is 3.82. The Balaban J connectivity index is 1.56. The van der Waals surface area contributed by atoms with E-state index in [1.165, 1.54) is 0 Å². The molecule has 0 unspecified atom stereocenters. The Morgan fingerprint density at radius 1 is 1.17 bits per heavy atom. The van der Waals surface area contributed by atoms with E-state index in [0.717, 1.165) is 28.0 Å². The third-order valence-corrected chi connectivity index (χ3v) is 3.82. The zero-order valence-corrected chi connectivity index (χ0v) is 13.2. The number of carbonyl (C=O) groups is 1. The summed E-state index contributed by atoms with van der Waals surface area (Å²) in [4.78, 5) is 16.3. The van der Waals surface area contributed by atoms with Crippen LogP contribution in [0.25, 0.3) is 11.0 Å². The van der Waals surface area contributed by atoms with E-state index >= 15 is 0 Å². The van der Waals surface area contributed by atoms with Crippen LogP contribution in [0.15, 0.2) is 48.5 Å². The predicted octanol–water partition coefficient (Wildman–Crippen LogP) is 3.31. The van der Waals surface area contributed by atoms with Crippen LogP contribution in [-0.2, 0) is 24.9 Å². The van der Waals surface area contributed by atoms with Crippen LogP contribution in [0.3, 0.4) is 0 Å². The summed E-state index contributed by atoms with van der Waals surface area (Å²) in [6.45, 7) is 2.66. The monoisotopic (exact) mass is 309 g/mol. The fourth-order valence-electron chi connectivity index (χ4n) is 2.42. The Hall–Kier alpha value is -2.82. The fourth-order valence-corrected chi connectivity index (χ4v) is 2.42. The number of benzene rings is 2.